The molecule has 0 radical (unpaired) electrons. The van der Waals surface area contributed by atoms with E-state index in [9.17, 15) is 4.79 Å². The molecular formula is C22H27N5OS. The van der Waals surface area contributed by atoms with Crippen molar-refractivity contribution in [2.24, 2.45) is 0 Å². The number of carbonyl (C=O) groups is 1. The normalized spacial score (nSPS) is 10.7. The number of carbonyl (C=O) groups excluding carboxylic acids is 1. The van der Waals surface area contributed by atoms with Crippen molar-refractivity contribution < 1.29 is 4.79 Å². The van der Waals surface area contributed by atoms with Crippen molar-refractivity contribution in [3.63, 3.8) is 0 Å². The Morgan fingerprint density at radius 1 is 1.00 bits per heavy atom. The van der Waals surface area contributed by atoms with Gasteiger partial charge in [0.1, 0.15) is 0 Å². The van der Waals surface area contributed by atoms with Gasteiger partial charge in [-0.3, -0.25) is 4.79 Å². The van der Waals surface area contributed by atoms with Crippen LogP contribution in [0.25, 0.3) is 11.4 Å². The van der Waals surface area contributed by atoms with Gasteiger partial charge in [-0.05, 0) is 45.0 Å². The number of nitrogens with one attached hydrogen (secondary N) is 1. The number of aromatic nitrogens is 3. The second-order valence-electron chi connectivity index (χ2n) is 6.47. The molecule has 0 bridgehead atoms. The second kappa shape index (κ2) is 10.1. The maximum Gasteiger partial charge on any atom is 0.234 e. The van der Waals surface area contributed by atoms with Crippen molar-refractivity contribution in [1.82, 2.24) is 14.8 Å². The number of hydrogen-bond donors (Lipinski definition) is 1. The minimum absolute atomic E-state index is 0.0579. The van der Waals surface area contributed by atoms with Gasteiger partial charge in [-0.25, -0.2) is 0 Å². The van der Waals surface area contributed by atoms with Gasteiger partial charge in [0.05, 0.1) is 5.75 Å². The first-order chi connectivity index (χ1) is 14.2. The Morgan fingerprint density at radius 2 is 1.69 bits per heavy atom. The van der Waals surface area contributed by atoms with Gasteiger partial charge in [-0.1, -0.05) is 42.1 Å². The third kappa shape index (κ3) is 5.17. The van der Waals surface area contributed by atoms with Crippen LogP contribution >= 0.6 is 11.8 Å². The van der Waals surface area contributed by atoms with Crippen molar-refractivity contribution >= 4 is 29.0 Å². The highest BCUT2D eigenvalue weighted by Gasteiger charge is 2.14. The Hall–Kier alpha value is -2.80. The third-order valence-corrected chi connectivity index (χ3v) is 5.64. The van der Waals surface area contributed by atoms with Crippen LogP contribution < -0.4 is 10.2 Å². The SMILES string of the molecule is CCN(CC)c1ccc(NC(=O)CSc2nnc(-c3ccccc3)n2CC)cc1. The molecule has 0 atom stereocenters. The molecule has 0 unspecified atom stereocenters. The van der Waals surface area contributed by atoms with Gasteiger partial charge in [0.25, 0.3) is 0 Å². The maximum absolute atomic E-state index is 12.4. The predicted octanol–water partition coefficient (Wildman–Crippen LogP) is 4.54. The summed E-state index contributed by atoms with van der Waals surface area (Å²) in [5.41, 5.74) is 2.98. The number of anilines is 2. The average molecular weight is 410 g/mol. The van der Waals surface area contributed by atoms with E-state index in [0.717, 1.165) is 47.6 Å². The van der Waals surface area contributed by atoms with Gasteiger partial charge in [0.15, 0.2) is 11.0 Å². The summed E-state index contributed by atoms with van der Waals surface area (Å²) in [6.07, 6.45) is 0. The molecule has 29 heavy (non-hydrogen) atoms. The van der Waals surface area contributed by atoms with E-state index in [4.69, 9.17) is 0 Å². The van der Waals surface area contributed by atoms with E-state index >= 15 is 0 Å². The van der Waals surface area contributed by atoms with E-state index in [1.807, 2.05) is 59.2 Å². The Bertz CT molecular complexity index is 920. The standard InChI is InChI=1S/C22H27N5OS/c1-4-26(5-2)19-14-12-18(13-15-19)23-20(28)16-29-22-25-24-21(27(22)6-3)17-10-8-7-9-11-17/h7-15H,4-6,16H2,1-3H3,(H,23,28). The molecule has 1 N–H and O–H groups in total. The molecule has 0 aliphatic rings. The van der Waals surface area contributed by atoms with E-state index in [-0.39, 0.29) is 11.7 Å². The minimum atomic E-state index is -0.0579. The Labute approximate surface area is 176 Å². The van der Waals surface area contributed by atoms with E-state index in [2.05, 4.69) is 41.2 Å². The molecule has 3 rings (SSSR count). The van der Waals surface area contributed by atoms with Crippen molar-refractivity contribution in [2.45, 2.75) is 32.5 Å². The largest absolute Gasteiger partial charge is 0.372 e. The maximum atomic E-state index is 12.4. The highest BCUT2D eigenvalue weighted by molar-refractivity contribution is 7.99. The van der Waals surface area contributed by atoms with Crippen molar-refractivity contribution in [3.8, 4) is 11.4 Å². The zero-order chi connectivity index (χ0) is 20.6. The molecule has 3 aromatic rings. The van der Waals surface area contributed by atoms with Crippen LogP contribution in [0.1, 0.15) is 20.8 Å². The van der Waals surface area contributed by atoms with Crippen LogP contribution in [0.4, 0.5) is 11.4 Å². The van der Waals surface area contributed by atoms with Crippen LogP contribution in [0.2, 0.25) is 0 Å². The van der Waals surface area contributed by atoms with Gasteiger partial charge in [0, 0.05) is 36.6 Å². The first kappa shape index (κ1) is 20.9. The molecule has 0 fully saturated rings. The molecule has 0 aliphatic carbocycles. The third-order valence-electron chi connectivity index (χ3n) is 4.68. The molecule has 0 saturated carbocycles. The topological polar surface area (TPSA) is 63.1 Å². The highest BCUT2D eigenvalue weighted by Crippen LogP contribution is 2.24. The van der Waals surface area contributed by atoms with Gasteiger partial charge < -0.3 is 14.8 Å². The molecule has 2 aromatic carbocycles. The van der Waals surface area contributed by atoms with Crippen molar-refractivity contribution in [3.05, 3.63) is 54.6 Å². The van der Waals surface area contributed by atoms with E-state index in [1.54, 1.807) is 0 Å². The summed E-state index contributed by atoms with van der Waals surface area (Å²) in [7, 11) is 0. The smallest absolute Gasteiger partial charge is 0.234 e. The van der Waals surface area contributed by atoms with E-state index < -0.39 is 0 Å². The monoisotopic (exact) mass is 409 g/mol. The Morgan fingerprint density at radius 3 is 2.31 bits per heavy atom. The quantitative estimate of drug-likeness (QED) is 0.526. The summed E-state index contributed by atoms with van der Waals surface area (Å²) >= 11 is 1.40. The number of hydrogen-bond acceptors (Lipinski definition) is 5. The molecule has 152 valence electrons. The lowest BCUT2D eigenvalue weighted by molar-refractivity contribution is -0.113. The molecule has 1 aromatic heterocycles. The summed E-state index contributed by atoms with van der Waals surface area (Å²) in [6.45, 7) is 8.98. The predicted molar refractivity (Wildman–Crippen MR) is 120 cm³/mol. The van der Waals surface area contributed by atoms with Gasteiger partial charge >= 0.3 is 0 Å². The molecule has 1 amide bonds. The fourth-order valence-corrected chi connectivity index (χ4v) is 3.96. The zero-order valence-corrected chi connectivity index (χ0v) is 17.9. The van der Waals surface area contributed by atoms with Crippen LogP contribution in [0.3, 0.4) is 0 Å². The van der Waals surface area contributed by atoms with Crippen LogP contribution in [-0.2, 0) is 11.3 Å². The van der Waals surface area contributed by atoms with Crippen LogP contribution in [-0.4, -0.2) is 39.5 Å². The molecular weight excluding hydrogens is 382 g/mol. The lowest BCUT2D eigenvalue weighted by atomic mass is 10.2. The molecule has 1 heterocycles. The summed E-state index contributed by atoms with van der Waals surface area (Å²) in [4.78, 5) is 14.7. The van der Waals surface area contributed by atoms with Gasteiger partial charge in [-0.15, -0.1) is 10.2 Å². The van der Waals surface area contributed by atoms with Crippen LogP contribution in [0.15, 0.2) is 59.8 Å². The fraction of sp³-hybridized carbons (Fsp3) is 0.318. The summed E-state index contributed by atoms with van der Waals surface area (Å²) in [5, 5.41) is 12.3. The summed E-state index contributed by atoms with van der Waals surface area (Å²) in [5.74, 6) is 1.05. The average Bonchev–Trinajstić information content (AvgIpc) is 3.18. The van der Waals surface area contributed by atoms with Gasteiger partial charge in [0.2, 0.25) is 5.91 Å². The Balaban J connectivity index is 1.60. The number of thioether (sulfide) groups is 1. The second-order valence-corrected chi connectivity index (χ2v) is 7.41. The summed E-state index contributed by atoms with van der Waals surface area (Å²) in [6, 6.07) is 17.9. The van der Waals surface area contributed by atoms with Gasteiger partial charge in [-0.2, -0.15) is 0 Å². The van der Waals surface area contributed by atoms with Crippen LogP contribution in [0.5, 0.6) is 0 Å². The lowest BCUT2D eigenvalue weighted by Crippen LogP contribution is -2.21. The number of amides is 1. The molecule has 0 aliphatic heterocycles. The number of nitrogens with zero attached hydrogens (tertiary/aromatic N) is 4. The van der Waals surface area contributed by atoms with E-state index in [0.29, 0.717) is 0 Å². The Kier molecular flexibility index (Phi) is 7.30. The number of rotatable bonds is 9. The van der Waals surface area contributed by atoms with Crippen molar-refractivity contribution in [1.29, 1.82) is 0 Å². The first-order valence-corrected chi connectivity index (χ1v) is 10.9. The number of benzene rings is 2. The molecule has 6 nitrogen and oxygen atoms in total. The van der Waals surface area contributed by atoms with E-state index in [1.165, 1.54) is 11.8 Å². The molecule has 7 heteroatoms. The fourth-order valence-electron chi connectivity index (χ4n) is 3.15. The zero-order valence-electron chi connectivity index (χ0n) is 17.1. The molecule has 0 saturated heterocycles. The first-order valence-electron chi connectivity index (χ1n) is 9.92. The minimum Gasteiger partial charge on any atom is -0.372 e. The molecule has 0 spiro atoms. The van der Waals surface area contributed by atoms with Crippen LogP contribution in [0, 0.1) is 0 Å². The lowest BCUT2D eigenvalue weighted by Gasteiger charge is -2.21. The summed E-state index contributed by atoms with van der Waals surface area (Å²) < 4.78 is 2.03. The van der Waals surface area contributed by atoms with Crippen molar-refractivity contribution in [2.75, 3.05) is 29.1 Å². The highest BCUT2D eigenvalue weighted by atomic mass is 32.2.